The van der Waals surface area contributed by atoms with Gasteiger partial charge in [0.1, 0.15) is 5.69 Å². The second-order valence-corrected chi connectivity index (χ2v) is 9.81. The van der Waals surface area contributed by atoms with Gasteiger partial charge in [-0.1, -0.05) is 36.0 Å². The number of nitro groups is 1. The number of nitro benzene ring substituents is 1. The molecular weight excluding hydrogens is 528 g/mol. The molecule has 0 fully saturated rings. The molecule has 0 atom stereocenters. The summed E-state index contributed by atoms with van der Waals surface area (Å²) in [6.07, 6.45) is 0. The number of hydrogen-bond acceptors (Lipinski definition) is 7. The number of thioether (sulfide) groups is 1. The van der Waals surface area contributed by atoms with E-state index in [0.29, 0.717) is 20.1 Å². The van der Waals surface area contributed by atoms with Crippen LogP contribution in [0.3, 0.4) is 0 Å². The van der Waals surface area contributed by atoms with Crippen molar-refractivity contribution in [2.45, 2.75) is 4.34 Å². The molecule has 0 spiro atoms. The first-order valence-corrected chi connectivity index (χ1v) is 12.1. The van der Waals surface area contributed by atoms with Crippen molar-refractivity contribution in [3.05, 3.63) is 86.9 Å². The fraction of sp³-hybridized carbons (Fsp3) is 0.0455. The Bertz CT molecular complexity index is 1380. The molecule has 0 aliphatic heterocycles. The zero-order valence-corrected chi connectivity index (χ0v) is 20.0. The summed E-state index contributed by atoms with van der Waals surface area (Å²) in [6, 6.07) is 18.6. The highest BCUT2D eigenvalue weighted by Gasteiger charge is 2.16. The quantitative estimate of drug-likeness (QED) is 0.169. The summed E-state index contributed by atoms with van der Waals surface area (Å²) in [5.41, 5.74) is 1.91. The molecule has 33 heavy (non-hydrogen) atoms. The van der Waals surface area contributed by atoms with Gasteiger partial charge in [0.05, 0.1) is 26.5 Å². The Balaban J connectivity index is 1.40. The summed E-state index contributed by atoms with van der Waals surface area (Å²) < 4.78 is 2.25. The number of carbonyl (C=O) groups excluding carboxylic acids is 2. The van der Waals surface area contributed by atoms with E-state index in [-0.39, 0.29) is 28.9 Å². The van der Waals surface area contributed by atoms with E-state index in [2.05, 4.69) is 31.5 Å². The average molecular weight is 543 g/mol. The Labute approximate surface area is 204 Å². The number of thiazole rings is 1. The maximum atomic E-state index is 12.5. The maximum absolute atomic E-state index is 12.5. The smallest absolute Gasteiger partial charge is 0.292 e. The van der Waals surface area contributed by atoms with E-state index in [0.717, 1.165) is 10.2 Å². The van der Waals surface area contributed by atoms with E-state index in [4.69, 9.17) is 0 Å². The highest BCUT2D eigenvalue weighted by atomic mass is 79.9. The van der Waals surface area contributed by atoms with Gasteiger partial charge in [-0.2, -0.15) is 0 Å². The van der Waals surface area contributed by atoms with E-state index in [9.17, 15) is 19.7 Å². The average Bonchev–Trinajstić information content (AvgIpc) is 3.20. The Kier molecular flexibility index (Phi) is 7.02. The summed E-state index contributed by atoms with van der Waals surface area (Å²) in [6.45, 7) is 0. The Morgan fingerprint density at radius 3 is 2.61 bits per heavy atom. The van der Waals surface area contributed by atoms with Gasteiger partial charge in [-0.05, 0) is 52.3 Å². The number of benzene rings is 3. The lowest BCUT2D eigenvalue weighted by Gasteiger charge is -2.06. The number of para-hydroxylation sites is 2. The normalized spacial score (nSPS) is 10.7. The molecule has 1 heterocycles. The van der Waals surface area contributed by atoms with Gasteiger partial charge < -0.3 is 10.6 Å². The molecule has 4 aromatic rings. The standard InChI is InChI=1S/C22H15BrN4O4S2/c23-15-6-2-1-5-14(15)21(29)24-13-9-10-17-19(11-13)33-22(26-17)32-12-20(28)25-16-7-3-4-8-18(16)27(30)31/h1-11H,12H2,(H,24,29)(H,25,28). The predicted molar refractivity (Wildman–Crippen MR) is 134 cm³/mol. The van der Waals surface area contributed by atoms with Gasteiger partial charge in [0, 0.05) is 16.2 Å². The third-order valence-corrected chi connectivity index (χ3v) is 7.30. The van der Waals surface area contributed by atoms with E-state index in [1.807, 2.05) is 12.1 Å². The van der Waals surface area contributed by atoms with Crippen LogP contribution < -0.4 is 10.6 Å². The van der Waals surface area contributed by atoms with Gasteiger partial charge in [0.25, 0.3) is 11.6 Å². The van der Waals surface area contributed by atoms with Crippen LogP contribution in [0.1, 0.15) is 10.4 Å². The van der Waals surface area contributed by atoms with Crippen LogP contribution in [0.15, 0.2) is 75.5 Å². The summed E-state index contributed by atoms with van der Waals surface area (Å²) >= 11 is 6.01. The van der Waals surface area contributed by atoms with Gasteiger partial charge in [-0.15, -0.1) is 11.3 Å². The van der Waals surface area contributed by atoms with Crippen molar-refractivity contribution in [3.63, 3.8) is 0 Å². The monoisotopic (exact) mass is 542 g/mol. The number of rotatable bonds is 7. The molecule has 0 unspecified atom stereocenters. The number of fused-ring (bicyclic) bond motifs is 1. The largest absolute Gasteiger partial charge is 0.322 e. The fourth-order valence-electron chi connectivity index (χ4n) is 2.94. The van der Waals surface area contributed by atoms with Gasteiger partial charge >= 0.3 is 0 Å². The minimum Gasteiger partial charge on any atom is -0.322 e. The van der Waals surface area contributed by atoms with Gasteiger partial charge in [0.2, 0.25) is 5.91 Å². The number of halogens is 1. The molecule has 0 aliphatic rings. The second-order valence-electron chi connectivity index (χ2n) is 6.71. The SMILES string of the molecule is O=C(CSc1nc2ccc(NC(=O)c3ccccc3Br)cc2s1)Nc1ccccc1[N+](=O)[O-]. The lowest BCUT2D eigenvalue weighted by Crippen LogP contribution is -2.15. The van der Waals surface area contributed by atoms with Crippen LogP contribution >= 0.6 is 39.0 Å². The van der Waals surface area contributed by atoms with Crippen molar-refractivity contribution < 1.29 is 14.5 Å². The van der Waals surface area contributed by atoms with Crippen molar-refractivity contribution in [1.82, 2.24) is 4.98 Å². The lowest BCUT2D eigenvalue weighted by molar-refractivity contribution is -0.383. The summed E-state index contributed by atoms with van der Waals surface area (Å²) in [7, 11) is 0. The van der Waals surface area contributed by atoms with Gasteiger partial charge in [-0.25, -0.2) is 4.98 Å². The van der Waals surface area contributed by atoms with Crippen LogP contribution in [0.25, 0.3) is 10.2 Å². The summed E-state index contributed by atoms with van der Waals surface area (Å²) in [4.78, 5) is 39.9. The Morgan fingerprint density at radius 1 is 1.06 bits per heavy atom. The first-order valence-electron chi connectivity index (χ1n) is 9.53. The third kappa shape index (κ3) is 5.56. The van der Waals surface area contributed by atoms with Crippen molar-refractivity contribution in [2.75, 3.05) is 16.4 Å². The molecule has 11 heteroatoms. The van der Waals surface area contributed by atoms with E-state index in [1.165, 1.54) is 35.2 Å². The first-order chi connectivity index (χ1) is 15.9. The van der Waals surface area contributed by atoms with E-state index < -0.39 is 4.92 Å². The molecule has 1 aromatic heterocycles. The number of nitrogens with zero attached hydrogens (tertiary/aromatic N) is 2. The van der Waals surface area contributed by atoms with Crippen LogP contribution in [-0.4, -0.2) is 27.5 Å². The molecule has 4 rings (SSSR count). The van der Waals surface area contributed by atoms with Crippen LogP contribution in [0, 0.1) is 10.1 Å². The van der Waals surface area contributed by atoms with Crippen molar-refractivity contribution in [1.29, 1.82) is 0 Å². The van der Waals surface area contributed by atoms with Crippen molar-refractivity contribution >= 4 is 78.1 Å². The number of nitrogens with one attached hydrogen (secondary N) is 2. The molecule has 8 nitrogen and oxygen atoms in total. The van der Waals surface area contributed by atoms with Crippen molar-refractivity contribution in [2.24, 2.45) is 0 Å². The fourth-order valence-corrected chi connectivity index (χ4v) is 5.31. The highest BCUT2D eigenvalue weighted by molar-refractivity contribution is 9.10. The highest BCUT2D eigenvalue weighted by Crippen LogP contribution is 2.32. The zero-order valence-electron chi connectivity index (χ0n) is 16.8. The van der Waals surface area contributed by atoms with Crippen LogP contribution in [0.4, 0.5) is 17.1 Å². The molecule has 0 aliphatic carbocycles. The molecule has 2 amide bonds. The van der Waals surface area contributed by atoms with Gasteiger partial charge in [-0.3, -0.25) is 19.7 Å². The number of aromatic nitrogens is 1. The van der Waals surface area contributed by atoms with Crippen molar-refractivity contribution in [3.8, 4) is 0 Å². The molecule has 0 saturated carbocycles. The summed E-state index contributed by atoms with van der Waals surface area (Å²) in [5.74, 6) is -0.542. The van der Waals surface area contributed by atoms with E-state index in [1.54, 1.807) is 42.5 Å². The Morgan fingerprint density at radius 2 is 1.82 bits per heavy atom. The third-order valence-electron chi connectivity index (χ3n) is 4.45. The summed E-state index contributed by atoms with van der Waals surface area (Å²) in [5, 5.41) is 16.5. The van der Waals surface area contributed by atoms with Crippen LogP contribution in [0.5, 0.6) is 0 Å². The molecule has 2 N–H and O–H groups in total. The number of hydrogen-bond donors (Lipinski definition) is 2. The molecule has 0 radical (unpaired) electrons. The topological polar surface area (TPSA) is 114 Å². The predicted octanol–water partition coefficient (Wildman–Crippen LogP) is 5.95. The number of amides is 2. The molecule has 166 valence electrons. The molecule has 3 aromatic carbocycles. The minimum atomic E-state index is -0.539. The first kappa shape index (κ1) is 22.9. The lowest BCUT2D eigenvalue weighted by atomic mass is 10.2. The van der Waals surface area contributed by atoms with Crippen LogP contribution in [0.2, 0.25) is 0 Å². The molecule has 0 bridgehead atoms. The minimum absolute atomic E-state index is 0.0531. The number of carbonyl (C=O) groups is 2. The maximum Gasteiger partial charge on any atom is 0.292 e. The number of anilines is 2. The van der Waals surface area contributed by atoms with E-state index >= 15 is 0 Å². The molecular formula is C22H15BrN4O4S2. The molecule has 0 saturated heterocycles. The second kappa shape index (κ2) is 10.1. The van der Waals surface area contributed by atoms with Gasteiger partial charge in [0.15, 0.2) is 4.34 Å². The zero-order chi connectivity index (χ0) is 23.4. The van der Waals surface area contributed by atoms with Crippen LogP contribution in [-0.2, 0) is 4.79 Å². The Hall–Kier alpha value is -3.28.